The van der Waals surface area contributed by atoms with Crippen molar-refractivity contribution in [2.75, 3.05) is 26.2 Å². The Morgan fingerprint density at radius 1 is 1.38 bits per heavy atom. The zero-order chi connectivity index (χ0) is 14.7. The van der Waals surface area contributed by atoms with Gasteiger partial charge in [0.05, 0.1) is 11.5 Å². The van der Waals surface area contributed by atoms with Crippen molar-refractivity contribution in [3.63, 3.8) is 0 Å². The first kappa shape index (κ1) is 17.4. The quantitative estimate of drug-likeness (QED) is 0.650. The highest BCUT2D eigenvalue weighted by Gasteiger charge is 2.22. The zero-order valence-corrected chi connectivity index (χ0v) is 13.0. The molecule has 1 aromatic heterocycles. The number of amides is 1. The predicted octanol–water partition coefficient (Wildman–Crippen LogP) is 0.652. The number of halogens is 1. The second-order valence-electron chi connectivity index (χ2n) is 4.88. The molecule has 0 radical (unpaired) electrons. The van der Waals surface area contributed by atoms with Gasteiger partial charge >= 0.3 is 5.69 Å². The molecule has 0 bridgehead atoms. The van der Waals surface area contributed by atoms with E-state index in [4.69, 9.17) is 0 Å². The lowest BCUT2D eigenvalue weighted by Gasteiger charge is -2.27. The van der Waals surface area contributed by atoms with Gasteiger partial charge in [-0.15, -0.1) is 12.4 Å². The molecule has 0 unspecified atom stereocenters. The summed E-state index contributed by atoms with van der Waals surface area (Å²) in [6.07, 6.45) is 0.319. The van der Waals surface area contributed by atoms with E-state index in [9.17, 15) is 14.9 Å². The summed E-state index contributed by atoms with van der Waals surface area (Å²) in [7, 11) is 0. The minimum Gasteiger partial charge on any atom is -0.340 e. The van der Waals surface area contributed by atoms with E-state index in [0.29, 0.717) is 24.4 Å². The number of nitro groups is 1. The van der Waals surface area contributed by atoms with Crippen molar-refractivity contribution in [3.8, 4) is 0 Å². The van der Waals surface area contributed by atoms with Crippen LogP contribution in [0.15, 0.2) is 0 Å². The highest BCUT2D eigenvalue weighted by atomic mass is 35.5. The molecule has 1 saturated heterocycles. The van der Waals surface area contributed by atoms with E-state index in [-0.39, 0.29) is 24.0 Å². The average molecular weight is 318 g/mol. The minimum atomic E-state index is -0.424. The largest absolute Gasteiger partial charge is 0.340 e. The summed E-state index contributed by atoms with van der Waals surface area (Å²) in [5.41, 5.74) is 0.933. The van der Waals surface area contributed by atoms with Gasteiger partial charge in [0.1, 0.15) is 11.4 Å². The zero-order valence-electron chi connectivity index (χ0n) is 12.2. The third kappa shape index (κ3) is 3.92. The Morgan fingerprint density at radius 3 is 2.52 bits per heavy atom. The number of carbonyl (C=O) groups is 1. The van der Waals surface area contributed by atoms with Crippen LogP contribution in [0.25, 0.3) is 0 Å². The lowest BCUT2D eigenvalue weighted by atomic mass is 10.3. The van der Waals surface area contributed by atoms with Crippen molar-refractivity contribution in [2.45, 2.75) is 26.8 Å². The van der Waals surface area contributed by atoms with Gasteiger partial charge < -0.3 is 10.2 Å². The Bertz CT molecular complexity index is 525. The van der Waals surface area contributed by atoms with E-state index < -0.39 is 4.92 Å². The smallest absolute Gasteiger partial charge is 0.312 e. The summed E-state index contributed by atoms with van der Waals surface area (Å²) in [4.78, 5) is 24.3. The molecule has 0 atom stereocenters. The molecule has 9 heteroatoms. The second-order valence-corrected chi connectivity index (χ2v) is 4.88. The fourth-order valence-electron chi connectivity index (χ4n) is 2.44. The summed E-state index contributed by atoms with van der Waals surface area (Å²) in [5, 5.41) is 18.2. The number of aromatic nitrogens is 2. The summed E-state index contributed by atoms with van der Waals surface area (Å²) in [6, 6.07) is 0. The fraction of sp³-hybridized carbons (Fsp3) is 0.667. The van der Waals surface area contributed by atoms with Crippen LogP contribution in [0, 0.1) is 24.0 Å². The molecule has 1 N–H and O–H groups in total. The molecule has 2 rings (SSSR count). The molecule has 0 aromatic carbocycles. The molecule has 2 heterocycles. The number of hydrogen-bond donors (Lipinski definition) is 1. The Kier molecular flexibility index (Phi) is 6.10. The molecule has 1 fully saturated rings. The Morgan fingerprint density at radius 2 is 2.00 bits per heavy atom. The summed E-state index contributed by atoms with van der Waals surface area (Å²) >= 11 is 0. The molecular formula is C12H20ClN5O3. The van der Waals surface area contributed by atoms with Crippen molar-refractivity contribution in [2.24, 2.45) is 0 Å². The SMILES string of the molecule is Cc1nn(CCC(=O)N2CCNCC2)c(C)c1[N+](=O)[O-].Cl. The van der Waals surface area contributed by atoms with Crippen LogP contribution in [0.2, 0.25) is 0 Å². The number of nitrogens with zero attached hydrogens (tertiary/aromatic N) is 4. The monoisotopic (exact) mass is 317 g/mol. The summed E-state index contributed by atoms with van der Waals surface area (Å²) in [6.45, 7) is 6.72. The molecule has 1 aliphatic heterocycles. The molecule has 8 nitrogen and oxygen atoms in total. The van der Waals surface area contributed by atoms with Crippen LogP contribution in [0.5, 0.6) is 0 Å². The number of rotatable bonds is 4. The third-order valence-corrected chi connectivity index (χ3v) is 3.53. The highest BCUT2D eigenvalue weighted by molar-refractivity contribution is 5.85. The van der Waals surface area contributed by atoms with E-state index in [1.807, 2.05) is 4.90 Å². The molecule has 0 saturated carbocycles. The number of carbonyl (C=O) groups excluding carboxylic acids is 1. The van der Waals surface area contributed by atoms with Gasteiger partial charge in [-0.1, -0.05) is 0 Å². The Balaban J connectivity index is 0.00000220. The topological polar surface area (TPSA) is 93.3 Å². The van der Waals surface area contributed by atoms with Gasteiger partial charge in [0.25, 0.3) is 0 Å². The maximum Gasteiger partial charge on any atom is 0.312 e. The van der Waals surface area contributed by atoms with E-state index in [2.05, 4.69) is 10.4 Å². The van der Waals surface area contributed by atoms with Crippen molar-refractivity contribution in [1.29, 1.82) is 0 Å². The van der Waals surface area contributed by atoms with Crippen LogP contribution >= 0.6 is 12.4 Å². The molecule has 0 aliphatic carbocycles. The molecule has 1 aliphatic rings. The van der Waals surface area contributed by atoms with E-state index in [0.717, 1.165) is 26.2 Å². The molecule has 0 spiro atoms. The first-order chi connectivity index (χ1) is 9.50. The van der Waals surface area contributed by atoms with Crippen molar-refractivity contribution in [3.05, 3.63) is 21.5 Å². The van der Waals surface area contributed by atoms with Crippen LogP contribution < -0.4 is 5.32 Å². The van der Waals surface area contributed by atoms with E-state index >= 15 is 0 Å². The van der Waals surface area contributed by atoms with Crippen molar-refractivity contribution >= 4 is 24.0 Å². The average Bonchev–Trinajstić information content (AvgIpc) is 2.71. The van der Waals surface area contributed by atoms with Gasteiger partial charge in [-0.3, -0.25) is 19.6 Å². The lowest BCUT2D eigenvalue weighted by Crippen LogP contribution is -2.46. The highest BCUT2D eigenvalue weighted by Crippen LogP contribution is 2.21. The van der Waals surface area contributed by atoms with Gasteiger partial charge in [-0.05, 0) is 13.8 Å². The predicted molar refractivity (Wildman–Crippen MR) is 79.7 cm³/mol. The standard InChI is InChI=1S/C12H19N5O3.ClH/c1-9-12(17(19)20)10(2)16(14-9)6-3-11(18)15-7-4-13-5-8-15;/h13H,3-8H2,1-2H3;1H. The Hall–Kier alpha value is -1.67. The third-order valence-electron chi connectivity index (χ3n) is 3.53. The Labute approximate surface area is 129 Å². The number of nitrogens with one attached hydrogen (secondary N) is 1. The van der Waals surface area contributed by atoms with Crippen molar-refractivity contribution in [1.82, 2.24) is 20.0 Å². The fourth-order valence-corrected chi connectivity index (χ4v) is 2.44. The maximum atomic E-state index is 12.0. The lowest BCUT2D eigenvalue weighted by molar-refractivity contribution is -0.386. The second kappa shape index (κ2) is 7.37. The van der Waals surface area contributed by atoms with E-state index in [1.54, 1.807) is 18.5 Å². The van der Waals surface area contributed by atoms with Crippen LogP contribution in [0.4, 0.5) is 5.69 Å². The molecule has 118 valence electrons. The van der Waals surface area contributed by atoms with Crippen LogP contribution in [0.3, 0.4) is 0 Å². The first-order valence-corrected chi connectivity index (χ1v) is 6.67. The molecular weight excluding hydrogens is 298 g/mol. The van der Waals surface area contributed by atoms with Gasteiger partial charge in [-0.25, -0.2) is 0 Å². The number of aryl methyl sites for hydroxylation is 2. The van der Waals surface area contributed by atoms with Gasteiger partial charge in [0.2, 0.25) is 5.91 Å². The van der Waals surface area contributed by atoms with Gasteiger partial charge in [-0.2, -0.15) is 5.10 Å². The number of piperazine rings is 1. The molecule has 1 amide bonds. The molecule has 1 aromatic rings. The van der Waals surface area contributed by atoms with Crippen LogP contribution in [-0.4, -0.2) is 51.7 Å². The van der Waals surface area contributed by atoms with Crippen molar-refractivity contribution < 1.29 is 9.72 Å². The van der Waals surface area contributed by atoms with Crippen LogP contribution in [0.1, 0.15) is 17.8 Å². The minimum absolute atomic E-state index is 0. The number of hydrogen-bond acceptors (Lipinski definition) is 5. The van der Waals surface area contributed by atoms with Gasteiger partial charge in [0, 0.05) is 32.6 Å². The maximum absolute atomic E-state index is 12.0. The van der Waals surface area contributed by atoms with E-state index in [1.165, 1.54) is 0 Å². The summed E-state index contributed by atoms with van der Waals surface area (Å²) in [5.74, 6) is 0.0710. The summed E-state index contributed by atoms with van der Waals surface area (Å²) < 4.78 is 1.55. The van der Waals surface area contributed by atoms with Gasteiger partial charge in [0.15, 0.2) is 0 Å². The first-order valence-electron chi connectivity index (χ1n) is 6.67. The van der Waals surface area contributed by atoms with Crippen LogP contribution in [-0.2, 0) is 11.3 Å². The molecule has 21 heavy (non-hydrogen) atoms. The normalized spacial score (nSPS) is 14.7.